The SMILES string of the molecule is CC(C)NCC(C)(C)COC(C)C. The van der Waals surface area contributed by atoms with Gasteiger partial charge in [0, 0.05) is 18.0 Å². The Balaban J connectivity index is 3.66. The average molecular weight is 187 g/mol. The molecule has 0 aliphatic carbocycles. The molecule has 0 spiro atoms. The Hall–Kier alpha value is -0.0800. The first kappa shape index (κ1) is 12.9. The number of hydrogen-bond acceptors (Lipinski definition) is 2. The lowest BCUT2D eigenvalue weighted by atomic mass is 9.94. The molecule has 0 bridgehead atoms. The van der Waals surface area contributed by atoms with Crippen molar-refractivity contribution in [3.05, 3.63) is 0 Å². The van der Waals surface area contributed by atoms with Gasteiger partial charge in [0.2, 0.25) is 0 Å². The molecule has 0 aromatic carbocycles. The maximum Gasteiger partial charge on any atom is 0.0532 e. The number of hydrogen-bond donors (Lipinski definition) is 1. The van der Waals surface area contributed by atoms with Crippen molar-refractivity contribution in [2.45, 2.75) is 53.7 Å². The Morgan fingerprint density at radius 1 is 1.15 bits per heavy atom. The normalized spacial score (nSPS) is 12.9. The summed E-state index contributed by atoms with van der Waals surface area (Å²) in [5.41, 5.74) is 0.231. The van der Waals surface area contributed by atoms with E-state index in [1.54, 1.807) is 0 Å². The van der Waals surface area contributed by atoms with Gasteiger partial charge in [-0.2, -0.15) is 0 Å². The van der Waals surface area contributed by atoms with E-state index in [9.17, 15) is 0 Å². The Morgan fingerprint density at radius 3 is 2.08 bits per heavy atom. The minimum absolute atomic E-state index is 0.231. The van der Waals surface area contributed by atoms with Crippen molar-refractivity contribution in [2.75, 3.05) is 13.2 Å². The summed E-state index contributed by atoms with van der Waals surface area (Å²) in [6, 6.07) is 0.554. The quantitative estimate of drug-likeness (QED) is 0.689. The maximum atomic E-state index is 5.60. The molecule has 0 saturated heterocycles. The van der Waals surface area contributed by atoms with E-state index in [1.165, 1.54) is 0 Å². The third kappa shape index (κ3) is 8.26. The van der Waals surface area contributed by atoms with Crippen LogP contribution >= 0.6 is 0 Å². The van der Waals surface area contributed by atoms with Crippen LogP contribution in [0.4, 0.5) is 0 Å². The molecule has 0 aromatic rings. The predicted octanol–water partition coefficient (Wildman–Crippen LogP) is 2.44. The minimum Gasteiger partial charge on any atom is -0.378 e. The monoisotopic (exact) mass is 187 g/mol. The van der Waals surface area contributed by atoms with Crippen molar-refractivity contribution >= 4 is 0 Å². The van der Waals surface area contributed by atoms with Gasteiger partial charge >= 0.3 is 0 Å². The molecule has 0 amide bonds. The zero-order chi connectivity index (χ0) is 10.5. The Labute approximate surface area is 83.1 Å². The van der Waals surface area contributed by atoms with Gasteiger partial charge in [-0.05, 0) is 13.8 Å². The Bertz CT molecular complexity index is 116. The van der Waals surface area contributed by atoms with Gasteiger partial charge in [-0.25, -0.2) is 0 Å². The molecule has 13 heavy (non-hydrogen) atoms. The molecule has 0 rings (SSSR count). The van der Waals surface area contributed by atoms with Gasteiger partial charge in [-0.3, -0.25) is 0 Å². The van der Waals surface area contributed by atoms with Crippen molar-refractivity contribution in [3.63, 3.8) is 0 Å². The summed E-state index contributed by atoms with van der Waals surface area (Å²) >= 11 is 0. The highest BCUT2D eigenvalue weighted by Gasteiger charge is 2.18. The van der Waals surface area contributed by atoms with Crippen molar-refractivity contribution in [2.24, 2.45) is 5.41 Å². The lowest BCUT2D eigenvalue weighted by Crippen LogP contribution is -2.37. The molecule has 0 aliphatic rings. The first-order valence-corrected chi connectivity index (χ1v) is 5.18. The molecule has 0 atom stereocenters. The zero-order valence-corrected chi connectivity index (χ0v) is 9.98. The van der Waals surface area contributed by atoms with Gasteiger partial charge < -0.3 is 10.1 Å². The Morgan fingerprint density at radius 2 is 1.69 bits per heavy atom. The standard InChI is InChI=1S/C11H25NO/c1-9(2)12-7-11(5,6)8-13-10(3)4/h9-10,12H,7-8H2,1-6H3. The second-order valence-electron chi connectivity index (χ2n) is 5.06. The smallest absolute Gasteiger partial charge is 0.0532 e. The molecule has 0 unspecified atom stereocenters. The average Bonchev–Trinajstić information content (AvgIpc) is 1.98. The van der Waals surface area contributed by atoms with Crippen molar-refractivity contribution in [1.82, 2.24) is 5.32 Å². The second kappa shape index (κ2) is 5.61. The van der Waals surface area contributed by atoms with Crippen LogP contribution in [-0.4, -0.2) is 25.3 Å². The summed E-state index contributed by atoms with van der Waals surface area (Å²) in [4.78, 5) is 0. The van der Waals surface area contributed by atoms with Crippen LogP contribution in [0.15, 0.2) is 0 Å². The van der Waals surface area contributed by atoms with Gasteiger partial charge in [0.15, 0.2) is 0 Å². The van der Waals surface area contributed by atoms with Crippen LogP contribution in [-0.2, 0) is 4.74 Å². The van der Waals surface area contributed by atoms with E-state index in [0.29, 0.717) is 12.1 Å². The fraction of sp³-hybridized carbons (Fsp3) is 1.00. The molecule has 1 N–H and O–H groups in total. The topological polar surface area (TPSA) is 21.3 Å². The van der Waals surface area contributed by atoms with Crippen LogP contribution in [0.5, 0.6) is 0 Å². The fourth-order valence-corrected chi connectivity index (χ4v) is 0.924. The Kier molecular flexibility index (Phi) is 5.57. The van der Waals surface area contributed by atoms with Crippen molar-refractivity contribution in [1.29, 1.82) is 0 Å². The van der Waals surface area contributed by atoms with E-state index in [4.69, 9.17) is 4.74 Å². The van der Waals surface area contributed by atoms with E-state index in [0.717, 1.165) is 13.2 Å². The molecule has 0 heterocycles. The molecule has 80 valence electrons. The summed E-state index contributed by atoms with van der Waals surface area (Å²) in [6.45, 7) is 14.8. The first-order chi connectivity index (χ1) is 5.83. The van der Waals surface area contributed by atoms with E-state index in [-0.39, 0.29) is 5.41 Å². The molecule has 0 fully saturated rings. The lowest BCUT2D eigenvalue weighted by molar-refractivity contribution is 0.0211. The first-order valence-electron chi connectivity index (χ1n) is 5.18. The molecule has 2 nitrogen and oxygen atoms in total. The molecule has 0 aliphatic heterocycles. The predicted molar refractivity (Wildman–Crippen MR) is 58.0 cm³/mol. The van der Waals surface area contributed by atoms with Crippen LogP contribution in [0.3, 0.4) is 0 Å². The number of rotatable bonds is 6. The minimum atomic E-state index is 0.231. The summed E-state index contributed by atoms with van der Waals surface area (Å²) in [6.07, 6.45) is 0.332. The number of ether oxygens (including phenoxy) is 1. The highest BCUT2D eigenvalue weighted by molar-refractivity contribution is 4.72. The van der Waals surface area contributed by atoms with E-state index >= 15 is 0 Å². The highest BCUT2D eigenvalue weighted by Crippen LogP contribution is 2.15. The molecular formula is C11H25NO. The lowest BCUT2D eigenvalue weighted by Gasteiger charge is -2.27. The largest absolute Gasteiger partial charge is 0.378 e. The second-order valence-corrected chi connectivity index (χ2v) is 5.06. The summed E-state index contributed by atoms with van der Waals surface area (Å²) in [5, 5.41) is 3.43. The van der Waals surface area contributed by atoms with Gasteiger partial charge in [-0.15, -0.1) is 0 Å². The third-order valence-corrected chi connectivity index (χ3v) is 1.80. The van der Waals surface area contributed by atoms with Gasteiger partial charge in [0.25, 0.3) is 0 Å². The van der Waals surface area contributed by atoms with Crippen LogP contribution in [0, 0.1) is 5.41 Å². The highest BCUT2D eigenvalue weighted by atomic mass is 16.5. The molecular weight excluding hydrogens is 162 g/mol. The van der Waals surface area contributed by atoms with Crippen LogP contribution < -0.4 is 5.32 Å². The molecule has 2 heteroatoms. The van der Waals surface area contributed by atoms with E-state index < -0.39 is 0 Å². The summed E-state index contributed by atoms with van der Waals surface area (Å²) in [5.74, 6) is 0. The zero-order valence-electron chi connectivity index (χ0n) is 9.98. The van der Waals surface area contributed by atoms with Crippen LogP contribution in [0.1, 0.15) is 41.5 Å². The summed E-state index contributed by atoms with van der Waals surface area (Å²) in [7, 11) is 0. The number of nitrogens with one attached hydrogen (secondary N) is 1. The maximum absolute atomic E-state index is 5.60. The van der Waals surface area contributed by atoms with Gasteiger partial charge in [-0.1, -0.05) is 27.7 Å². The van der Waals surface area contributed by atoms with Gasteiger partial charge in [0.05, 0.1) is 12.7 Å². The van der Waals surface area contributed by atoms with E-state index in [2.05, 4.69) is 46.9 Å². The van der Waals surface area contributed by atoms with E-state index in [1.807, 2.05) is 0 Å². The van der Waals surface area contributed by atoms with Gasteiger partial charge in [0.1, 0.15) is 0 Å². The fourth-order valence-electron chi connectivity index (χ4n) is 0.924. The molecule has 0 saturated carbocycles. The van der Waals surface area contributed by atoms with Crippen LogP contribution in [0.25, 0.3) is 0 Å². The molecule has 0 aromatic heterocycles. The third-order valence-electron chi connectivity index (χ3n) is 1.80. The van der Waals surface area contributed by atoms with Crippen molar-refractivity contribution < 1.29 is 4.74 Å². The summed E-state index contributed by atoms with van der Waals surface area (Å²) < 4.78 is 5.60. The van der Waals surface area contributed by atoms with Crippen LogP contribution in [0.2, 0.25) is 0 Å². The molecule has 0 radical (unpaired) electrons. The van der Waals surface area contributed by atoms with Crippen molar-refractivity contribution in [3.8, 4) is 0 Å².